The lowest BCUT2D eigenvalue weighted by molar-refractivity contribution is -0.132. The fraction of sp³-hybridized carbons (Fsp3) is 0.588. The molecule has 2 aliphatic rings. The standard InChI is InChI=1S/C17H25N3O6S3/c1-27-15-4-2-14(3-5-15)19-8-10-20(11-9-19)29(25,26)17(16(21)18-22)6-12-28(23,24)13-7-17/h2-5,22H,6-13H2,1H3,(H,18,21). The van der Waals surface area contributed by atoms with Gasteiger partial charge in [0.1, 0.15) is 9.84 Å². The summed E-state index contributed by atoms with van der Waals surface area (Å²) in [5.41, 5.74) is 2.43. The third-order valence-electron chi connectivity index (χ3n) is 5.66. The molecule has 0 bridgehead atoms. The molecular formula is C17H25N3O6S3. The molecule has 2 aliphatic heterocycles. The first-order valence-electron chi connectivity index (χ1n) is 9.19. The van der Waals surface area contributed by atoms with Crippen molar-refractivity contribution in [1.82, 2.24) is 9.79 Å². The molecule has 2 saturated heterocycles. The molecule has 12 heteroatoms. The summed E-state index contributed by atoms with van der Waals surface area (Å²) in [6, 6.07) is 7.99. The second-order valence-electron chi connectivity index (χ2n) is 7.18. The van der Waals surface area contributed by atoms with Gasteiger partial charge in [-0.3, -0.25) is 10.0 Å². The van der Waals surface area contributed by atoms with E-state index in [1.165, 1.54) is 9.79 Å². The summed E-state index contributed by atoms with van der Waals surface area (Å²) in [5.74, 6) is -1.87. The molecule has 29 heavy (non-hydrogen) atoms. The first-order valence-corrected chi connectivity index (χ1v) is 13.7. The van der Waals surface area contributed by atoms with Gasteiger partial charge in [-0.05, 0) is 43.4 Å². The van der Waals surface area contributed by atoms with Crippen LogP contribution in [0.4, 0.5) is 5.69 Å². The van der Waals surface area contributed by atoms with E-state index in [0.717, 1.165) is 10.6 Å². The maximum absolute atomic E-state index is 13.3. The molecule has 3 rings (SSSR count). The monoisotopic (exact) mass is 463 g/mol. The number of nitrogens with zero attached hydrogens (tertiary/aromatic N) is 2. The Hall–Kier alpha value is -1.34. The van der Waals surface area contributed by atoms with Crippen molar-refractivity contribution < 1.29 is 26.8 Å². The van der Waals surface area contributed by atoms with Crippen molar-refractivity contribution in [2.45, 2.75) is 22.5 Å². The quantitative estimate of drug-likeness (QED) is 0.363. The molecule has 0 aromatic heterocycles. The van der Waals surface area contributed by atoms with E-state index in [2.05, 4.69) is 4.90 Å². The van der Waals surface area contributed by atoms with Gasteiger partial charge in [0.05, 0.1) is 11.5 Å². The highest BCUT2D eigenvalue weighted by Gasteiger charge is 2.56. The average Bonchev–Trinajstić information content (AvgIpc) is 2.73. The molecule has 2 heterocycles. The van der Waals surface area contributed by atoms with Crippen LogP contribution < -0.4 is 10.4 Å². The molecule has 1 aromatic rings. The summed E-state index contributed by atoms with van der Waals surface area (Å²) >= 11 is 1.64. The van der Waals surface area contributed by atoms with E-state index in [-0.39, 0.29) is 25.9 Å². The van der Waals surface area contributed by atoms with Crippen molar-refractivity contribution in [3.63, 3.8) is 0 Å². The van der Waals surface area contributed by atoms with Gasteiger partial charge in [-0.25, -0.2) is 22.3 Å². The summed E-state index contributed by atoms with van der Waals surface area (Å²) in [6.07, 6.45) is 1.27. The predicted molar refractivity (Wildman–Crippen MR) is 111 cm³/mol. The zero-order chi connectivity index (χ0) is 21.3. The van der Waals surface area contributed by atoms with E-state index in [4.69, 9.17) is 5.21 Å². The van der Waals surface area contributed by atoms with Crippen molar-refractivity contribution in [2.75, 3.05) is 48.8 Å². The molecule has 9 nitrogen and oxygen atoms in total. The number of piperazine rings is 1. The Balaban J connectivity index is 1.77. The van der Waals surface area contributed by atoms with Crippen LogP contribution in [0.2, 0.25) is 0 Å². The van der Waals surface area contributed by atoms with E-state index in [9.17, 15) is 21.6 Å². The molecule has 162 valence electrons. The van der Waals surface area contributed by atoms with Crippen molar-refractivity contribution in [3.05, 3.63) is 24.3 Å². The van der Waals surface area contributed by atoms with Gasteiger partial charge in [-0.2, -0.15) is 4.31 Å². The second-order valence-corrected chi connectivity index (χ2v) is 12.6. The third kappa shape index (κ3) is 4.26. The fourth-order valence-corrected chi connectivity index (χ4v) is 8.13. The zero-order valence-corrected chi connectivity index (χ0v) is 18.5. The predicted octanol–water partition coefficient (Wildman–Crippen LogP) is 0.313. The number of sulfone groups is 1. The minimum Gasteiger partial charge on any atom is -0.369 e. The first kappa shape index (κ1) is 22.3. The Labute approximate surface area is 175 Å². The Morgan fingerprint density at radius 2 is 1.66 bits per heavy atom. The molecule has 1 aromatic carbocycles. The number of anilines is 1. The SMILES string of the molecule is CSc1ccc(N2CCN(S(=O)(=O)C3(C(=O)NO)CCS(=O)(=O)CC3)CC2)cc1. The number of amides is 1. The van der Waals surface area contributed by atoms with Crippen LogP contribution in [0.15, 0.2) is 29.2 Å². The maximum atomic E-state index is 13.3. The fourth-order valence-electron chi connectivity index (χ4n) is 3.80. The summed E-state index contributed by atoms with van der Waals surface area (Å²) in [5, 5.41) is 9.14. The average molecular weight is 464 g/mol. The van der Waals surface area contributed by atoms with Gasteiger partial charge >= 0.3 is 0 Å². The Kier molecular flexibility index (Phi) is 6.49. The first-order chi connectivity index (χ1) is 13.6. The zero-order valence-electron chi connectivity index (χ0n) is 16.1. The minimum absolute atomic E-state index is 0.180. The molecule has 0 saturated carbocycles. The van der Waals surface area contributed by atoms with Crippen LogP contribution >= 0.6 is 11.8 Å². The molecule has 2 fully saturated rings. The summed E-state index contributed by atoms with van der Waals surface area (Å²) in [4.78, 5) is 15.6. The number of carbonyl (C=O) groups excluding carboxylic acids is 1. The number of benzene rings is 1. The molecule has 1 amide bonds. The van der Waals surface area contributed by atoms with E-state index in [1.807, 2.05) is 30.5 Å². The van der Waals surface area contributed by atoms with Gasteiger partial charge in [0, 0.05) is 36.8 Å². The summed E-state index contributed by atoms with van der Waals surface area (Å²) < 4.78 is 49.5. The van der Waals surface area contributed by atoms with Crippen LogP contribution in [0.5, 0.6) is 0 Å². The largest absolute Gasteiger partial charge is 0.369 e. The highest BCUT2D eigenvalue weighted by molar-refractivity contribution is 7.98. The second kappa shape index (κ2) is 8.42. The molecule has 0 aliphatic carbocycles. The van der Waals surface area contributed by atoms with E-state index in [1.54, 1.807) is 11.8 Å². The van der Waals surface area contributed by atoms with Crippen LogP contribution in [-0.4, -0.2) is 80.9 Å². The topological polar surface area (TPSA) is 124 Å². The van der Waals surface area contributed by atoms with Gasteiger partial charge in [0.15, 0.2) is 4.75 Å². The van der Waals surface area contributed by atoms with Crippen molar-refractivity contribution in [3.8, 4) is 0 Å². The van der Waals surface area contributed by atoms with Gasteiger partial charge < -0.3 is 4.90 Å². The lowest BCUT2D eigenvalue weighted by Crippen LogP contribution is -2.62. The highest BCUT2D eigenvalue weighted by Crippen LogP contribution is 2.35. The van der Waals surface area contributed by atoms with Crippen molar-refractivity contribution >= 4 is 43.2 Å². The van der Waals surface area contributed by atoms with E-state index < -0.39 is 42.0 Å². The summed E-state index contributed by atoms with van der Waals surface area (Å²) in [6.45, 7) is 1.26. The molecule has 0 spiro atoms. The minimum atomic E-state index is -4.16. The molecule has 0 atom stereocenters. The smallest absolute Gasteiger partial charge is 0.266 e. The highest BCUT2D eigenvalue weighted by atomic mass is 32.2. The lowest BCUT2D eigenvalue weighted by Gasteiger charge is -2.41. The van der Waals surface area contributed by atoms with Gasteiger partial charge in [0.25, 0.3) is 5.91 Å². The lowest BCUT2D eigenvalue weighted by atomic mass is 10.0. The van der Waals surface area contributed by atoms with E-state index in [0.29, 0.717) is 13.1 Å². The Morgan fingerprint density at radius 3 is 2.14 bits per heavy atom. The van der Waals surface area contributed by atoms with Gasteiger partial charge in [-0.1, -0.05) is 0 Å². The number of hydroxylamine groups is 1. The third-order valence-corrected chi connectivity index (χ3v) is 10.7. The van der Waals surface area contributed by atoms with Crippen LogP contribution in [0, 0.1) is 0 Å². The number of hydrogen-bond donors (Lipinski definition) is 2. The Morgan fingerprint density at radius 1 is 1.10 bits per heavy atom. The number of carbonyl (C=O) groups is 1. The van der Waals surface area contributed by atoms with Crippen molar-refractivity contribution in [2.24, 2.45) is 0 Å². The van der Waals surface area contributed by atoms with Gasteiger partial charge in [0.2, 0.25) is 10.0 Å². The normalized spacial score (nSPS) is 22.2. The molecular weight excluding hydrogens is 438 g/mol. The maximum Gasteiger partial charge on any atom is 0.266 e. The van der Waals surface area contributed by atoms with Gasteiger partial charge in [-0.15, -0.1) is 11.8 Å². The van der Waals surface area contributed by atoms with E-state index >= 15 is 0 Å². The van der Waals surface area contributed by atoms with Crippen LogP contribution in [0.1, 0.15) is 12.8 Å². The summed E-state index contributed by atoms with van der Waals surface area (Å²) in [7, 11) is -7.55. The Bertz CT molecular complexity index is 941. The number of hydrogen-bond acceptors (Lipinski definition) is 8. The van der Waals surface area contributed by atoms with Crippen molar-refractivity contribution in [1.29, 1.82) is 0 Å². The van der Waals surface area contributed by atoms with Crippen LogP contribution in [0.25, 0.3) is 0 Å². The number of thioether (sulfide) groups is 1. The molecule has 0 unspecified atom stereocenters. The number of nitrogens with one attached hydrogen (secondary N) is 1. The molecule has 2 N–H and O–H groups in total. The van der Waals surface area contributed by atoms with Crippen LogP contribution in [0.3, 0.4) is 0 Å². The number of rotatable bonds is 5. The van der Waals surface area contributed by atoms with Crippen LogP contribution in [-0.2, 0) is 24.7 Å². The number of sulfonamides is 1. The molecule has 0 radical (unpaired) electrons.